The summed E-state index contributed by atoms with van der Waals surface area (Å²) < 4.78 is 25.0. The quantitative estimate of drug-likeness (QED) is 0.885. The van der Waals surface area contributed by atoms with Gasteiger partial charge < -0.3 is 5.32 Å². The Hall–Kier alpha value is -1.48. The van der Waals surface area contributed by atoms with E-state index in [9.17, 15) is 13.2 Å². The molecular formula is C13H14ClN3O3S2. The summed E-state index contributed by atoms with van der Waals surface area (Å²) in [7, 11) is -0.493. The number of nitrogens with one attached hydrogen (secondary N) is 1. The van der Waals surface area contributed by atoms with Gasteiger partial charge in [-0.15, -0.1) is 11.3 Å². The molecule has 22 heavy (non-hydrogen) atoms. The molecule has 0 radical (unpaired) electrons. The lowest BCUT2D eigenvalue weighted by Gasteiger charge is -2.11. The van der Waals surface area contributed by atoms with Gasteiger partial charge in [0.15, 0.2) is 5.01 Å². The molecule has 1 amide bonds. The Morgan fingerprint density at radius 2 is 1.95 bits per heavy atom. The van der Waals surface area contributed by atoms with Crippen LogP contribution >= 0.6 is 22.9 Å². The number of halogens is 1. The van der Waals surface area contributed by atoms with Crippen molar-refractivity contribution in [2.24, 2.45) is 0 Å². The molecule has 0 saturated carbocycles. The fourth-order valence-electron chi connectivity index (χ4n) is 1.61. The first-order chi connectivity index (χ1) is 10.3. The number of benzene rings is 1. The van der Waals surface area contributed by atoms with E-state index in [-0.39, 0.29) is 27.5 Å². The van der Waals surface area contributed by atoms with Gasteiger partial charge in [-0.1, -0.05) is 23.7 Å². The van der Waals surface area contributed by atoms with E-state index in [2.05, 4.69) is 10.3 Å². The molecule has 118 valence electrons. The van der Waals surface area contributed by atoms with E-state index >= 15 is 0 Å². The van der Waals surface area contributed by atoms with Crippen LogP contribution in [0.25, 0.3) is 0 Å². The highest BCUT2D eigenvalue weighted by atomic mass is 35.5. The molecular weight excluding hydrogens is 346 g/mol. The Morgan fingerprint density at radius 3 is 2.45 bits per heavy atom. The molecule has 2 aromatic rings. The van der Waals surface area contributed by atoms with Crippen LogP contribution in [-0.4, -0.2) is 37.7 Å². The molecule has 0 aliphatic rings. The van der Waals surface area contributed by atoms with Crippen LogP contribution < -0.4 is 5.32 Å². The predicted octanol–water partition coefficient (Wildman–Crippen LogP) is 1.98. The largest absolute Gasteiger partial charge is 0.346 e. The van der Waals surface area contributed by atoms with Crippen molar-refractivity contribution < 1.29 is 13.2 Å². The number of aromatic nitrogens is 1. The second-order valence-corrected chi connectivity index (χ2v) is 7.99. The average Bonchev–Trinajstić information content (AvgIpc) is 2.91. The van der Waals surface area contributed by atoms with Crippen LogP contribution in [0.3, 0.4) is 0 Å². The van der Waals surface area contributed by atoms with E-state index in [0.29, 0.717) is 0 Å². The topological polar surface area (TPSA) is 79.4 Å². The number of nitrogens with zero attached hydrogens (tertiary/aromatic N) is 2. The highest BCUT2D eigenvalue weighted by Gasteiger charge is 2.16. The van der Waals surface area contributed by atoms with Crippen LogP contribution in [-0.2, 0) is 16.6 Å². The molecule has 0 saturated heterocycles. The molecule has 0 aliphatic heterocycles. The van der Waals surface area contributed by atoms with Gasteiger partial charge in [0.1, 0.15) is 5.15 Å². The Labute approximate surface area is 137 Å². The smallest absolute Gasteiger partial charge is 0.280 e. The third-order valence-electron chi connectivity index (χ3n) is 2.83. The summed E-state index contributed by atoms with van der Waals surface area (Å²) in [5, 5.41) is 4.85. The van der Waals surface area contributed by atoms with E-state index in [1.165, 1.54) is 26.2 Å². The van der Waals surface area contributed by atoms with E-state index in [1.807, 2.05) is 0 Å². The highest BCUT2D eigenvalue weighted by Crippen LogP contribution is 2.15. The Morgan fingerprint density at radius 1 is 1.32 bits per heavy atom. The number of hydrogen-bond donors (Lipinski definition) is 1. The maximum atomic E-state index is 11.9. The second-order valence-electron chi connectivity index (χ2n) is 4.59. The maximum absolute atomic E-state index is 11.9. The number of rotatable bonds is 5. The normalized spacial score (nSPS) is 11.6. The van der Waals surface area contributed by atoms with Crippen LogP contribution in [0.15, 0.2) is 34.5 Å². The maximum Gasteiger partial charge on any atom is 0.280 e. The molecule has 1 aromatic carbocycles. The molecule has 0 fully saturated rings. The van der Waals surface area contributed by atoms with Crippen molar-refractivity contribution in [1.29, 1.82) is 0 Å². The van der Waals surface area contributed by atoms with Crippen LogP contribution in [0, 0.1) is 0 Å². The molecule has 0 unspecified atom stereocenters. The SMILES string of the molecule is CN(C)S(=O)(=O)c1ccc(CNC(=O)c2nc(Cl)cs2)cc1. The molecule has 6 nitrogen and oxygen atoms in total. The molecule has 0 atom stereocenters. The lowest BCUT2D eigenvalue weighted by Crippen LogP contribution is -2.23. The third-order valence-corrected chi connectivity index (χ3v) is 5.82. The van der Waals surface area contributed by atoms with E-state index in [0.717, 1.165) is 21.2 Å². The van der Waals surface area contributed by atoms with Crippen molar-refractivity contribution in [2.75, 3.05) is 14.1 Å². The fourth-order valence-corrected chi connectivity index (χ4v) is 3.37. The number of thiazole rings is 1. The zero-order valence-electron chi connectivity index (χ0n) is 11.9. The standard InChI is InChI=1S/C13H14ClN3O3S2/c1-17(2)22(19,20)10-5-3-9(4-6-10)7-15-12(18)13-16-11(14)8-21-13/h3-6,8H,7H2,1-2H3,(H,15,18). The Kier molecular flexibility index (Phi) is 5.17. The molecule has 2 rings (SSSR count). The van der Waals surface area contributed by atoms with E-state index < -0.39 is 10.0 Å². The van der Waals surface area contributed by atoms with Crippen molar-refractivity contribution in [3.05, 3.63) is 45.4 Å². The summed E-state index contributed by atoms with van der Waals surface area (Å²) in [6, 6.07) is 6.34. The van der Waals surface area contributed by atoms with Crippen LogP contribution in [0.4, 0.5) is 0 Å². The lowest BCUT2D eigenvalue weighted by atomic mass is 10.2. The minimum atomic E-state index is -3.44. The lowest BCUT2D eigenvalue weighted by molar-refractivity contribution is 0.0950. The van der Waals surface area contributed by atoms with Crippen molar-refractivity contribution in [1.82, 2.24) is 14.6 Å². The Balaban J connectivity index is 2.02. The van der Waals surface area contributed by atoms with Gasteiger partial charge in [-0.3, -0.25) is 4.79 Å². The first-order valence-electron chi connectivity index (χ1n) is 6.21. The number of hydrogen-bond acceptors (Lipinski definition) is 5. The monoisotopic (exact) mass is 359 g/mol. The summed E-state index contributed by atoms with van der Waals surface area (Å²) in [5.74, 6) is -0.318. The fraction of sp³-hybridized carbons (Fsp3) is 0.231. The van der Waals surface area contributed by atoms with Gasteiger partial charge in [-0.25, -0.2) is 17.7 Å². The van der Waals surface area contributed by atoms with Gasteiger partial charge in [0.05, 0.1) is 4.90 Å². The van der Waals surface area contributed by atoms with Gasteiger partial charge in [0.2, 0.25) is 10.0 Å². The van der Waals surface area contributed by atoms with Crippen molar-refractivity contribution in [2.45, 2.75) is 11.4 Å². The summed E-state index contributed by atoms with van der Waals surface area (Å²) >= 11 is 6.83. The minimum absolute atomic E-state index is 0.208. The molecule has 9 heteroatoms. The zero-order valence-corrected chi connectivity index (χ0v) is 14.3. The summed E-state index contributed by atoms with van der Waals surface area (Å²) in [6.07, 6.45) is 0. The van der Waals surface area contributed by atoms with Crippen LogP contribution in [0.2, 0.25) is 5.15 Å². The summed E-state index contributed by atoms with van der Waals surface area (Å²) in [4.78, 5) is 15.9. The predicted molar refractivity (Wildman–Crippen MR) is 85.6 cm³/mol. The van der Waals surface area contributed by atoms with Gasteiger partial charge in [-0.2, -0.15) is 0 Å². The summed E-state index contributed by atoms with van der Waals surface area (Å²) in [5.41, 5.74) is 0.786. The first-order valence-corrected chi connectivity index (χ1v) is 8.91. The number of amides is 1. The summed E-state index contributed by atoms with van der Waals surface area (Å²) in [6.45, 7) is 0.276. The number of carbonyl (C=O) groups is 1. The molecule has 0 spiro atoms. The molecule has 0 aliphatic carbocycles. The second kappa shape index (κ2) is 6.74. The van der Waals surface area contributed by atoms with Gasteiger partial charge in [0.25, 0.3) is 5.91 Å². The molecule has 1 heterocycles. The van der Waals surface area contributed by atoms with Gasteiger partial charge in [-0.05, 0) is 17.7 Å². The Bertz CT molecular complexity index is 770. The van der Waals surface area contributed by atoms with Crippen molar-refractivity contribution >= 4 is 38.9 Å². The van der Waals surface area contributed by atoms with Gasteiger partial charge >= 0.3 is 0 Å². The zero-order chi connectivity index (χ0) is 16.3. The number of carbonyl (C=O) groups excluding carboxylic acids is 1. The van der Waals surface area contributed by atoms with Crippen molar-refractivity contribution in [3.8, 4) is 0 Å². The number of sulfonamides is 1. The first kappa shape index (κ1) is 16.9. The molecule has 1 aromatic heterocycles. The molecule has 1 N–H and O–H groups in total. The highest BCUT2D eigenvalue weighted by molar-refractivity contribution is 7.89. The van der Waals surface area contributed by atoms with Crippen molar-refractivity contribution in [3.63, 3.8) is 0 Å². The van der Waals surface area contributed by atoms with Crippen LogP contribution in [0.5, 0.6) is 0 Å². The minimum Gasteiger partial charge on any atom is -0.346 e. The van der Waals surface area contributed by atoms with E-state index in [4.69, 9.17) is 11.6 Å². The average molecular weight is 360 g/mol. The van der Waals surface area contributed by atoms with Crippen LogP contribution in [0.1, 0.15) is 15.4 Å². The third kappa shape index (κ3) is 3.83. The van der Waals surface area contributed by atoms with Gasteiger partial charge in [0, 0.05) is 26.0 Å². The van der Waals surface area contributed by atoms with E-state index in [1.54, 1.807) is 17.5 Å². The molecule has 0 bridgehead atoms.